The predicted octanol–water partition coefficient (Wildman–Crippen LogP) is 2.68. The molecule has 4 heterocycles. The van der Waals surface area contributed by atoms with Gasteiger partial charge in [0.15, 0.2) is 5.82 Å². The molecule has 0 aliphatic heterocycles. The molecule has 0 aliphatic rings. The van der Waals surface area contributed by atoms with Crippen LogP contribution in [0.4, 0.5) is 4.39 Å². The number of nitrogens with one attached hydrogen (secondary N) is 1. The third kappa shape index (κ3) is 2.39. The summed E-state index contributed by atoms with van der Waals surface area (Å²) >= 11 is 1.13. The summed E-state index contributed by atoms with van der Waals surface area (Å²) in [6.45, 7) is 0. The number of rotatable bonds is 3. The Bertz CT molecular complexity index is 1070. The van der Waals surface area contributed by atoms with Crippen LogP contribution in [-0.4, -0.2) is 30.0 Å². The van der Waals surface area contributed by atoms with Crippen molar-refractivity contribution in [3.63, 3.8) is 0 Å². The van der Waals surface area contributed by atoms with E-state index in [-0.39, 0.29) is 5.03 Å². The molecule has 0 atom stereocenters. The molecule has 0 fully saturated rings. The summed E-state index contributed by atoms with van der Waals surface area (Å²) in [5.74, 6) is -0.425. The Hall–Kier alpha value is -3.25. The predicted molar refractivity (Wildman–Crippen MR) is 83.6 cm³/mol. The van der Waals surface area contributed by atoms with E-state index >= 15 is 0 Å². The monoisotopic (exact) mass is 337 g/mol. The van der Waals surface area contributed by atoms with Gasteiger partial charge < -0.3 is 0 Å². The van der Waals surface area contributed by atoms with E-state index in [1.54, 1.807) is 16.9 Å². The lowest BCUT2D eigenvalue weighted by Gasteiger charge is -2.07. The van der Waals surface area contributed by atoms with Gasteiger partial charge in [0.25, 0.3) is 0 Å². The molecule has 7 nitrogen and oxygen atoms in total. The van der Waals surface area contributed by atoms with Crippen molar-refractivity contribution in [2.75, 3.05) is 0 Å². The Morgan fingerprint density at radius 3 is 3.00 bits per heavy atom. The normalized spacial score (nSPS) is 10.8. The van der Waals surface area contributed by atoms with Crippen LogP contribution in [-0.2, 0) is 0 Å². The fourth-order valence-electron chi connectivity index (χ4n) is 2.28. The van der Waals surface area contributed by atoms with Crippen molar-refractivity contribution < 1.29 is 4.39 Å². The molecule has 4 aromatic heterocycles. The molecule has 24 heavy (non-hydrogen) atoms. The van der Waals surface area contributed by atoms with Gasteiger partial charge in [0.05, 0.1) is 23.5 Å². The molecule has 0 aliphatic carbocycles. The second kappa shape index (κ2) is 5.75. The molecule has 0 unspecified atom stereocenters. The molecule has 0 aromatic carbocycles. The maximum atomic E-state index is 14.0. The molecule has 1 N–H and O–H groups in total. The van der Waals surface area contributed by atoms with Crippen LogP contribution < -0.4 is 0 Å². The van der Waals surface area contributed by atoms with E-state index in [2.05, 4.69) is 31.6 Å². The van der Waals surface area contributed by atoms with Crippen molar-refractivity contribution in [2.45, 2.75) is 9.92 Å². The molecule has 4 aromatic rings. The first kappa shape index (κ1) is 14.3. The number of hydrogen-bond acceptors (Lipinski definition) is 6. The smallest absolute Gasteiger partial charge is 0.155 e. The minimum Gasteiger partial charge on any atom is -0.246 e. The van der Waals surface area contributed by atoms with Gasteiger partial charge in [0.2, 0.25) is 0 Å². The molecule has 0 amide bonds. The highest BCUT2D eigenvalue weighted by Crippen LogP contribution is 2.35. The van der Waals surface area contributed by atoms with Gasteiger partial charge >= 0.3 is 0 Å². The van der Waals surface area contributed by atoms with Crippen molar-refractivity contribution in [3.05, 3.63) is 54.4 Å². The highest BCUT2D eigenvalue weighted by atomic mass is 32.2. The summed E-state index contributed by atoms with van der Waals surface area (Å²) in [7, 11) is 0. The van der Waals surface area contributed by atoms with E-state index in [9.17, 15) is 9.65 Å². The highest BCUT2D eigenvalue weighted by Gasteiger charge is 2.16. The van der Waals surface area contributed by atoms with Gasteiger partial charge in [0, 0.05) is 22.9 Å². The van der Waals surface area contributed by atoms with Crippen LogP contribution >= 0.6 is 11.8 Å². The summed E-state index contributed by atoms with van der Waals surface area (Å²) < 4.78 is 15.5. The fraction of sp³-hybridized carbons (Fsp3) is 0. The SMILES string of the molecule is N#Cc1cnn2cc(-c3cn[nH]n3)cc(Sc3ncccc3F)c12. The van der Waals surface area contributed by atoms with Crippen LogP contribution in [0, 0.1) is 17.1 Å². The summed E-state index contributed by atoms with van der Waals surface area (Å²) in [6.07, 6.45) is 6.31. The molecule has 0 spiro atoms. The first-order valence-corrected chi connectivity index (χ1v) is 7.64. The third-order valence-electron chi connectivity index (χ3n) is 3.34. The summed E-state index contributed by atoms with van der Waals surface area (Å²) in [5, 5.41) is 24.1. The Morgan fingerprint density at radius 2 is 2.25 bits per heavy atom. The molecule has 0 saturated carbocycles. The zero-order valence-corrected chi connectivity index (χ0v) is 12.8. The molecule has 4 rings (SSSR count). The maximum Gasteiger partial charge on any atom is 0.155 e. The number of aromatic nitrogens is 6. The second-order valence-corrected chi connectivity index (χ2v) is 5.83. The van der Waals surface area contributed by atoms with E-state index in [0.717, 1.165) is 17.3 Å². The first-order chi connectivity index (χ1) is 11.8. The molecule has 0 saturated heterocycles. The van der Waals surface area contributed by atoms with Crippen LogP contribution in [0.15, 0.2) is 52.9 Å². The lowest BCUT2D eigenvalue weighted by atomic mass is 10.2. The zero-order chi connectivity index (χ0) is 16.5. The van der Waals surface area contributed by atoms with Crippen LogP contribution in [0.5, 0.6) is 0 Å². The average Bonchev–Trinajstić information content (AvgIpc) is 3.26. The van der Waals surface area contributed by atoms with Gasteiger partial charge in [-0.3, -0.25) is 0 Å². The quantitative estimate of drug-likeness (QED) is 0.617. The van der Waals surface area contributed by atoms with E-state index in [1.165, 1.54) is 24.5 Å². The summed E-state index contributed by atoms with van der Waals surface area (Å²) in [6, 6.07) is 6.78. The standard InChI is InChI=1S/C15H8FN7S/c16-11-2-1-3-18-15(11)24-13-4-9(12-7-19-22-21-12)8-23-14(13)10(5-17)6-20-23/h1-4,6-8H,(H,19,21,22). The molecule has 9 heteroatoms. The lowest BCUT2D eigenvalue weighted by molar-refractivity contribution is 0.588. The van der Waals surface area contributed by atoms with Gasteiger partial charge in [0.1, 0.15) is 16.8 Å². The molecule has 0 bridgehead atoms. The first-order valence-electron chi connectivity index (χ1n) is 6.82. The number of pyridine rings is 2. The van der Waals surface area contributed by atoms with Crippen LogP contribution in [0.1, 0.15) is 5.56 Å². The van der Waals surface area contributed by atoms with E-state index in [1.807, 2.05) is 6.07 Å². The minimum absolute atomic E-state index is 0.224. The minimum atomic E-state index is -0.425. The number of halogens is 1. The van der Waals surface area contributed by atoms with Crippen LogP contribution in [0.25, 0.3) is 16.8 Å². The highest BCUT2D eigenvalue weighted by molar-refractivity contribution is 7.99. The molecule has 0 radical (unpaired) electrons. The largest absolute Gasteiger partial charge is 0.246 e. The average molecular weight is 337 g/mol. The van der Waals surface area contributed by atoms with Crippen LogP contribution in [0.3, 0.4) is 0 Å². The fourth-order valence-corrected chi connectivity index (χ4v) is 3.25. The molecular formula is C15H8FN7S. The molecule has 116 valence electrons. The van der Waals surface area contributed by atoms with Crippen molar-refractivity contribution in [1.29, 1.82) is 5.26 Å². The number of fused-ring (bicyclic) bond motifs is 1. The number of nitriles is 1. The topological polar surface area (TPSA) is 95.6 Å². The number of nitrogens with zero attached hydrogens (tertiary/aromatic N) is 6. The number of H-pyrrole nitrogens is 1. The van der Waals surface area contributed by atoms with E-state index in [0.29, 0.717) is 21.7 Å². The van der Waals surface area contributed by atoms with E-state index in [4.69, 9.17) is 0 Å². The van der Waals surface area contributed by atoms with Crippen molar-refractivity contribution in [1.82, 2.24) is 30.0 Å². The Labute approximate surface area is 139 Å². The van der Waals surface area contributed by atoms with Crippen molar-refractivity contribution in [2.24, 2.45) is 0 Å². The molecular weight excluding hydrogens is 329 g/mol. The lowest BCUT2D eigenvalue weighted by Crippen LogP contribution is -1.94. The van der Waals surface area contributed by atoms with Gasteiger partial charge in [-0.25, -0.2) is 13.9 Å². The second-order valence-electron chi connectivity index (χ2n) is 4.80. The van der Waals surface area contributed by atoms with Gasteiger partial charge in [-0.15, -0.1) is 0 Å². The number of aromatic amines is 1. The Morgan fingerprint density at radius 1 is 1.33 bits per heavy atom. The van der Waals surface area contributed by atoms with Gasteiger partial charge in [-0.2, -0.15) is 25.8 Å². The summed E-state index contributed by atoms with van der Waals surface area (Å²) in [5.41, 5.74) is 2.36. The van der Waals surface area contributed by atoms with Crippen molar-refractivity contribution >= 4 is 17.3 Å². The number of hydrogen-bond donors (Lipinski definition) is 1. The van der Waals surface area contributed by atoms with Gasteiger partial charge in [-0.1, -0.05) is 11.8 Å². The zero-order valence-electron chi connectivity index (χ0n) is 12.0. The van der Waals surface area contributed by atoms with Crippen molar-refractivity contribution in [3.8, 4) is 17.3 Å². The van der Waals surface area contributed by atoms with Crippen LogP contribution in [0.2, 0.25) is 0 Å². The Balaban J connectivity index is 1.93. The summed E-state index contributed by atoms with van der Waals surface area (Å²) in [4.78, 5) is 4.71. The van der Waals surface area contributed by atoms with E-state index < -0.39 is 5.82 Å². The third-order valence-corrected chi connectivity index (χ3v) is 4.36. The maximum absolute atomic E-state index is 14.0. The Kier molecular flexibility index (Phi) is 3.44. The van der Waals surface area contributed by atoms with Gasteiger partial charge in [-0.05, 0) is 18.2 Å².